The van der Waals surface area contributed by atoms with Crippen molar-refractivity contribution in [2.75, 3.05) is 20.2 Å². The Morgan fingerprint density at radius 2 is 1.90 bits per heavy atom. The summed E-state index contributed by atoms with van der Waals surface area (Å²) in [6.07, 6.45) is 0. The van der Waals surface area contributed by atoms with Crippen molar-refractivity contribution in [3.63, 3.8) is 0 Å². The average Bonchev–Trinajstić information content (AvgIpc) is 2.43. The molecule has 0 unspecified atom stereocenters. The number of benzene rings is 1. The van der Waals surface area contributed by atoms with Crippen molar-refractivity contribution >= 4 is 12.0 Å². The molecular formula is C14H20N2O4. The van der Waals surface area contributed by atoms with Crippen LogP contribution in [0.15, 0.2) is 30.3 Å². The highest BCUT2D eigenvalue weighted by atomic mass is 16.5. The van der Waals surface area contributed by atoms with E-state index in [9.17, 15) is 9.59 Å². The number of para-hydroxylation sites is 1. The zero-order valence-electron chi connectivity index (χ0n) is 11.9. The first-order valence-corrected chi connectivity index (χ1v) is 6.28. The molecule has 6 heteroatoms. The fourth-order valence-corrected chi connectivity index (χ4v) is 1.36. The van der Waals surface area contributed by atoms with E-state index < -0.39 is 17.5 Å². The maximum absolute atomic E-state index is 11.8. The minimum atomic E-state index is -1.26. The number of rotatable bonds is 6. The van der Waals surface area contributed by atoms with Crippen LogP contribution in [0.1, 0.15) is 13.8 Å². The number of urea groups is 1. The van der Waals surface area contributed by atoms with Crippen LogP contribution in [0, 0.1) is 0 Å². The number of amides is 2. The Hall–Kier alpha value is -2.24. The molecule has 2 amide bonds. The number of aliphatic carboxylic acids is 1. The van der Waals surface area contributed by atoms with Crippen molar-refractivity contribution in [3.05, 3.63) is 30.3 Å². The average molecular weight is 280 g/mol. The first-order chi connectivity index (χ1) is 9.35. The van der Waals surface area contributed by atoms with Gasteiger partial charge in [0.05, 0.1) is 6.54 Å². The smallest absolute Gasteiger partial charge is 0.329 e. The maximum Gasteiger partial charge on any atom is 0.329 e. The summed E-state index contributed by atoms with van der Waals surface area (Å²) in [6, 6.07) is 8.79. The standard InChI is InChI=1S/C14H20N2O4/c1-14(2,12(17)18)16(3)13(19)15-9-10-20-11-7-5-4-6-8-11/h4-8H,9-10H2,1-3H3,(H,15,19)(H,17,18). The molecule has 20 heavy (non-hydrogen) atoms. The Bertz CT molecular complexity index is 460. The number of likely N-dealkylation sites (N-methyl/N-ethyl adjacent to an activating group) is 1. The third-order valence-electron chi connectivity index (χ3n) is 3.06. The SMILES string of the molecule is CN(C(=O)NCCOc1ccccc1)C(C)(C)C(=O)O. The molecule has 0 saturated heterocycles. The first kappa shape index (κ1) is 15.8. The number of carbonyl (C=O) groups is 2. The van der Waals surface area contributed by atoms with Crippen molar-refractivity contribution in [2.24, 2.45) is 0 Å². The maximum atomic E-state index is 11.8. The second-order valence-electron chi connectivity index (χ2n) is 4.82. The van der Waals surface area contributed by atoms with Gasteiger partial charge in [0.1, 0.15) is 17.9 Å². The highest BCUT2D eigenvalue weighted by Crippen LogP contribution is 2.12. The summed E-state index contributed by atoms with van der Waals surface area (Å²) in [5.41, 5.74) is -1.26. The predicted octanol–water partition coefficient (Wildman–Crippen LogP) is 1.57. The van der Waals surface area contributed by atoms with Gasteiger partial charge in [-0.15, -0.1) is 0 Å². The zero-order chi connectivity index (χ0) is 15.2. The number of carboxylic acids is 1. The fraction of sp³-hybridized carbons (Fsp3) is 0.429. The van der Waals surface area contributed by atoms with Gasteiger partial charge in [-0.1, -0.05) is 18.2 Å². The van der Waals surface area contributed by atoms with Crippen LogP contribution in [0.3, 0.4) is 0 Å². The van der Waals surface area contributed by atoms with Gasteiger partial charge in [-0.25, -0.2) is 9.59 Å². The van der Waals surface area contributed by atoms with E-state index in [-0.39, 0.29) is 0 Å². The lowest BCUT2D eigenvalue weighted by atomic mass is 10.1. The van der Waals surface area contributed by atoms with E-state index in [4.69, 9.17) is 9.84 Å². The summed E-state index contributed by atoms with van der Waals surface area (Å²) in [5.74, 6) is -0.336. The minimum absolute atomic E-state index is 0.299. The molecule has 1 aromatic rings. The van der Waals surface area contributed by atoms with E-state index in [0.29, 0.717) is 13.2 Å². The molecule has 110 valence electrons. The number of ether oxygens (including phenoxy) is 1. The minimum Gasteiger partial charge on any atom is -0.492 e. The number of carbonyl (C=O) groups excluding carboxylic acids is 1. The van der Waals surface area contributed by atoms with Crippen molar-refractivity contribution in [2.45, 2.75) is 19.4 Å². The van der Waals surface area contributed by atoms with Gasteiger partial charge < -0.3 is 20.1 Å². The zero-order valence-corrected chi connectivity index (χ0v) is 11.9. The van der Waals surface area contributed by atoms with Gasteiger partial charge >= 0.3 is 12.0 Å². The quantitative estimate of drug-likeness (QED) is 0.775. The summed E-state index contributed by atoms with van der Waals surface area (Å²) in [5, 5.41) is 11.6. The van der Waals surface area contributed by atoms with E-state index in [2.05, 4.69) is 5.32 Å². The molecule has 0 fully saturated rings. The Labute approximate surface area is 118 Å². The molecule has 0 aliphatic heterocycles. The third-order valence-corrected chi connectivity index (χ3v) is 3.06. The van der Waals surface area contributed by atoms with Crippen molar-refractivity contribution in [1.82, 2.24) is 10.2 Å². The Kier molecular flexibility index (Phi) is 5.37. The molecule has 0 saturated carbocycles. The van der Waals surface area contributed by atoms with Gasteiger partial charge in [0.25, 0.3) is 0 Å². The van der Waals surface area contributed by atoms with Crippen molar-refractivity contribution in [1.29, 1.82) is 0 Å². The highest BCUT2D eigenvalue weighted by molar-refractivity contribution is 5.85. The molecule has 6 nitrogen and oxygen atoms in total. The van der Waals surface area contributed by atoms with Crippen molar-refractivity contribution in [3.8, 4) is 5.75 Å². The molecule has 0 aromatic heterocycles. The van der Waals surface area contributed by atoms with Gasteiger partial charge in [0.15, 0.2) is 0 Å². The van der Waals surface area contributed by atoms with Crippen molar-refractivity contribution < 1.29 is 19.4 Å². The normalized spacial score (nSPS) is 10.8. The van der Waals surface area contributed by atoms with Crippen LogP contribution in [0.25, 0.3) is 0 Å². The number of nitrogens with one attached hydrogen (secondary N) is 1. The van der Waals surface area contributed by atoms with E-state index >= 15 is 0 Å². The van der Waals surface area contributed by atoms with Crippen LogP contribution in [0.4, 0.5) is 4.79 Å². The first-order valence-electron chi connectivity index (χ1n) is 6.28. The predicted molar refractivity (Wildman–Crippen MR) is 74.8 cm³/mol. The van der Waals surface area contributed by atoms with Crippen LogP contribution in [-0.4, -0.2) is 47.7 Å². The lowest BCUT2D eigenvalue weighted by molar-refractivity contribution is -0.146. The van der Waals surface area contributed by atoms with Crippen LogP contribution >= 0.6 is 0 Å². The van der Waals surface area contributed by atoms with E-state index in [1.165, 1.54) is 20.9 Å². The molecular weight excluding hydrogens is 260 g/mol. The number of hydrogen-bond acceptors (Lipinski definition) is 3. The lowest BCUT2D eigenvalue weighted by Crippen LogP contribution is -2.54. The van der Waals surface area contributed by atoms with Gasteiger partial charge in [0, 0.05) is 7.05 Å². The molecule has 0 atom stereocenters. The summed E-state index contributed by atoms with van der Waals surface area (Å²) in [6.45, 7) is 3.55. The van der Waals surface area contributed by atoms with E-state index in [1.54, 1.807) is 0 Å². The van der Waals surface area contributed by atoms with Crippen LogP contribution < -0.4 is 10.1 Å². The molecule has 0 aliphatic carbocycles. The number of nitrogens with zero attached hydrogens (tertiary/aromatic N) is 1. The van der Waals surface area contributed by atoms with Crippen LogP contribution in [0.5, 0.6) is 5.75 Å². The largest absolute Gasteiger partial charge is 0.492 e. The Balaban J connectivity index is 2.35. The molecule has 0 heterocycles. The third kappa shape index (κ3) is 4.15. The fourth-order valence-electron chi connectivity index (χ4n) is 1.36. The molecule has 1 rings (SSSR count). The Morgan fingerprint density at radius 3 is 2.45 bits per heavy atom. The number of carboxylic acid groups (broad SMARTS) is 1. The van der Waals surface area contributed by atoms with Crippen LogP contribution in [-0.2, 0) is 4.79 Å². The molecule has 0 radical (unpaired) electrons. The molecule has 1 aromatic carbocycles. The van der Waals surface area contributed by atoms with Gasteiger partial charge in [0.2, 0.25) is 0 Å². The lowest BCUT2D eigenvalue weighted by Gasteiger charge is -2.31. The summed E-state index contributed by atoms with van der Waals surface area (Å²) >= 11 is 0. The van der Waals surface area contributed by atoms with Crippen LogP contribution in [0.2, 0.25) is 0 Å². The summed E-state index contributed by atoms with van der Waals surface area (Å²) < 4.78 is 5.42. The Morgan fingerprint density at radius 1 is 1.30 bits per heavy atom. The van der Waals surface area contributed by atoms with Gasteiger partial charge in [-0.3, -0.25) is 0 Å². The van der Waals surface area contributed by atoms with E-state index in [1.807, 2.05) is 30.3 Å². The molecule has 0 bridgehead atoms. The van der Waals surface area contributed by atoms with E-state index in [0.717, 1.165) is 10.6 Å². The molecule has 2 N–H and O–H groups in total. The molecule has 0 aliphatic rings. The molecule has 0 spiro atoms. The van der Waals surface area contributed by atoms with Gasteiger partial charge in [-0.2, -0.15) is 0 Å². The topological polar surface area (TPSA) is 78.9 Å². The van der Waals surface area contributed by atoms with Gasteiger partial charge in [-0.05, 0) is 26.0 Å². The second kappa shape index (κ2) is 6.79. The summed E-state index contributed by atoms with van der Waals surface area (Å²) in [4.78, 5) is 24.0. The summed E-state index contributed by atoms with van der Waals surface area (Å²) in [7, 11) is 1.45. The highest BCUT2D eigenvalue weighted by Gasteiger charge is 2.35. The second-order valence-corrected chi connectivity index (χ2v) is 4.82. The number of hydrogen-bond donors (Lipinski definition) is 2. The monoisotopic (exact) mass is 280 g/mol.